The molecule has 0 radical (unpaired) electrons. The Morgan fingerprint density at radius 2 is 2.16 bits per heavy atom. The Morgan fingerprint density at radius 1 is 1.47 bits per heavy atom. The van der Waals surface area contributed by atoms with E-state index < -0.39 is 29.2 Å². The molecule has 108 valence electrons. The lowest BCUT2D eigenvalue weighted by Gasteiger charge is -2.42. The molecule has 8 heteroatoms. The largest absolute Gasteiger partial charge is 0.760 e. The predicted molar refractivity (Wildman–Crippen MR) is 63.2 cm³/mol. The zero-order valence-corrected chi connectivity index (χ0v) is 11.1. The van der Waals surface area contributed by atoms with Crippen molar-refractivity contribution in [1.82, 2.24) is 9.62 Å². The molecule has 0 aromatic heterocycles. The van der Waals surface area contributed by atoms with Gasteiger partial charge in [0.05, 0.1) is 11.7 Å². The maximum absolute atomic E-state index is 12.7. The molecule has 1 saturated heterocycles. The molecule has 1 fully saturated rings. The maximum atomic E-state index is 12.7. The van der Waals surface area contributed by atoms with Crippen LogP contribution in [0.25, 0.3) is 0 Å². The van der Waals surface area contributed by atoms with Crippen LogP contribution in [0.4, 0.5) is 13.2 Å². The minimum atomic E-state index is -4.36. The zero-order valence-electron chi connectivity index (χ0n) is 10.2. The van der Waals surface area contributed by atoms with Crippen LogP contribution in [0.15, 0.2) is 23.4 Å². The first-order chi connectivity index (χ1) is 8.79. The number of alkyl halides is 3. The molecule has 0 spiro atoms. The summed E-state index contributed by atoms with van der Waals surface area (Å²) in [6.07, 6.45) is -0.905. The Morgan fingerprint density at radius 3 is 2.74 bits per heavy atom. The average Bonchev–Trinajstić information content (AvgIpc) is 2.31. The van der Waals surface area contributed by atoms with Crippen molar-refractivity contribution in [2.75, 3.05) is 7.05 Å². The highest BCUT2D eigenvalue weighted by atomic mass is 32.2. The Balaban J connectivity index is 2.21. The van der Waals surface area contributed by atoms with E-state index in [1.54, 1.807) is 11.9 Å². The smallest absolute Gasteiger partial charge is 0.416 e. The van der Waals surface area contributed by atoms with Gasteiger partial charge in [0.1, 0.15) is 0 Å². The average molecular weight is 295 g/mol. The minimum absolute atomic E-state index is 0.0363. The minimum Gasteiger partial charge on any atom is -0.760 e. The van der Waals surface area contributed by atoms with Gasteiger partial charge in [-0.15, -0.1) is 0 Å². The van der Waals surface area contributed by atoms with E-state index >= 15 is 0 Å². The molecule has 0 saturated carbocycles. The Labute approximate surface area is 111 Å². The first-order valence-corrected chi connectivity index (χ1v) is 6.93. The van der Waals surface area contributed by atoms with Gasteiger partial charge < -0.3 is 9.45 Å². The molecule has 1 heterocycles. The third-order valence-electron chi connectivity index (χ3n) is 3.57. The third kappa shape index (κ3) is 3.18. The molecule has 4 nitrogen and oxygen atoms in total. The number of hydrogen-bond acceptors (Lipinski definition) is 3. The van der Waals surface area contributed by atoms with Gasteiger partial charge in [0, 0.05) is 29.9 Å². The number of rotatable bonds is 2. The molecule has 2 aliphatic rings. The van der Waals surface area contributed by atoms with E-state index in [4.69, 9.17) is 0 Å². The molecule has 0 bridgehead atoms. The van der Waals surface area contributed by atoms with Gasteiger partial charge in [-0.05, 0) is 25.3 Å². The Bertz CT molecular complexity index is 448. The van der Waals surface area contributed by atoms with E-state index in [-0.39, 0.29) is 5.92 Å². The molecule has 0 aromatic carbocycles. The van der Waals surface area contributed by atoms with E-state index in [2.05, 4.69) is 4.72 Å². The third-order valence-corrected chi connectivity index (χ3v) is 4.03. The van der Waals surface area contributed by atoms with Crippen molar-refractivity contribution >= 4 is 11.3 Å². The quantitative estimate of drug-likeness (QED) is 0.791. The first kappa shape index (κ1) is 14.5. The lowest BCUT2D eigenvalue weighted by atomic mass is 9.85. The van der Waals surface area contributed by atoms with Gasteiger partial charge in [-0.2, -0.15) is 13.2 Å². The fourth-order valence-electron chi connectivity index (χ4n) is 2.56. The second kappa shape index (κ2) is 5.26. The molecule has 3 unspecified atom stereocenters. The molecular formula is C11H14F3N2O2S-. The van der Waals surface area contributed by atoms with E-state index in [1.165, 1.54) is 6.08 Å². The van der Waals surface area contributed by atoms with Crippen LogP contribution in [0.2, 0.25) is 0 Å². The highest BCUT2D eigenvalue weighted by molar-refractivity contribution is 7.77. The van der Waals surface area contributed by atoms with Crippen molar-refractivity contribution in [1.29, 1.82) is 0 Å². The number of fused-ring (bicyclic) bond motifs is 1. The van der Waals surface area contributed by atoms with Crippen LogP contribution in [-0.4, -0.2) is 33.1 Å². The molecule has 3 atom stereocenters. The van der Waals surface area contributed by atoms with Crippen LogP contribution in [-0.2, 0) is 11.3 Å². The summed E-state index contributed by atoms with van der Waals surface area (Å²) in [4.78, 5) is 1.59. The van der Waals surface area contributed by atoms with Crippen LogP contribution in [0, 0.1) is 5.92 Å². The fraction of sp³-hybridized carbons (Fsp3) is 0.636. The number of nitrogens with zero attached hydrogens (tertiary/aromatic N) is 1. The highest BCUT2D eigenvalue weighted by Crippen LogP contribution is 2.39. The van der Waals surface area contributed by atoms with Crippen molar-refractivity contribution in [3.8, 4) is 0 Å². The number of piperidine rings is 1. The van der Waals surface area contributed by atoms with Crippen LogP contribution in [0.3, 0.4) is 0 Å². The van der Waals surface area contributed by atoms with Crippen molar-refractivity contribution in [2.24, 2.45) is 5.92 Å². The highest BCUT2D eigenvalue weighted by Gasteiger charge is 2.38. The molecule has 0 aromatic rings. The summed E-state index contributed by atoms with van der Waals surface area (Å²) in [6, 6.07) is 0. The number of nitrogens with one attached hydrogen (secondary N) is 1. The van der Waals surface area contributed by atoms with Crippen molar-refractivity contribution in [3.63, 3.8) is 0 Å². The standard InChI is InChI=1S/C11H15F3N2O2S/c1-16-9-6-8(11(12,13)14)4-2-7(9)3-5-10(16)15-19(17)18/h4,6-7,10,15H,2-3,5H2,1H3,(H,17,18)/p-1. The number of allylic oxidation sites excluding steroid dienone is 4. The number of likely N-dealkylation sites (tertiary alicyclic amines) is 1. The lowest BCUT2D eigenvalue weighted by Crippen LogP contribution is -2.48. The summed E-state index contributed by atoms with van der Waals surface area (Å²) in [5.74, 6) is 0.0363. The Kier molecular flexibility index (Phi) is 4.03. The van der Waals surface area contributed by atoms with E-state index in [9.17, 15) is 21.9 Å². The summed E-state index contributed by atoms with van der Waals surface area (Å²) < 4.78 is 61.7. The topological polar surface area (TPSA) is 55.4 Å². The molecule has 1 N–H and O–H groups in total. The summed E-state index contributed by atoms with van der Waals surface area (Å²) in [5, 5.41) is 0. The summed E-state index contributed by atoms with van der Waals surface area (Å²) >= 11 is -2.43. The fourth-order valence-corrected chi connectivity index (χ4v) is 3.06. The first-order valence-electron chi connectivity index (χ1n) is 5.86. The zero-order chi connectivity index (χ0) is 14.2. The van der Waals surface area contributed by atoms with Crippen molar-refractivity contribution < 1.29 is 21.9 Å². The second-order valence-corrected chi connectivity index (χ2v) is 5.42. The summed E-state index contributed by atoms with van der Waals surface area (Å²) in [7, 11) is 1.61. The van der Waals surface area contributed by atoms with Gasteiger partial charge >= 0.3 is 6.18 Å². The summed E-state index contributed by atoms with van der Waals surface area (Å²) in [6.45, 7) is 0. The molecular weight excluding hydrogens is 281 g/mol. The van der Waals surface area contributed by atoms with Gasteiger partial charge in [-0.1, -0.05) is 6.08 Å². The van der Waals surface area contributed by atoms with Gasteiger partial charge in [-0.25, -0.2) is 4.72 Å². The molecule has 1 aliphatic carbocycles. The van der Waals surface area contributed by atoms with Crippen molar-refractivity contribution in [3.05, 3.63) is 23.4 Å². The number of halogens is 3. The maximum Gasteiger partial charge on any atom is 0.416 e. The van der Waals surface area contributed by atoms with Gasteiger partial charge in [0.25, 0.3) is 0 Å². The SMILES string of the molecule is CN1C2=CC(C(F)(F)F)=CCC2CCC1NS(=O)[O-]. The van der Waals surface area contributed by atoms with Crippen LogP contribution >= 0.6 is 0 Å². The van der Waals surface area contributed by atoms with Crippen LogP contribution in [0.5, 0.6) is 0 Å². The predicted octanol–water partition coefficient (Wildman–Crippen LogP) is 1.81. The van der Waals surface area contributed by atoms with E-state index in [1.807, 2.05) is 0 Å². The van der Waals surface area contributed by atoms with E-state index in [0.717, 1.165) is 6.08 Å². The molecule has 0 amide bonds. The van der Waals surface area contributed by atoms with Crippen molar-refractivity contribution in [2.45, 2.75) is 31.6 Å². The summed E-state index contributed by atoms with van der Waals surface area (Å²) in [5.41, 5.74) is -0.112. The van der Waals surface area contributed by atoms with Gasteiger partial charge in [0.15, 0.2) is 0 Å². The number of hydrogen-bond donors (Lipinski definition) is 1. The monoisotopic (exact) mass is 295 g/mol. The lowest BCUT2D eigenvalue weighted by molar-refractivity contribution is -0.0892. The normalized spacial score (nSPS) is 29.4. The molecule has 19 heavy (non-hydrogen) atoms. The van der Waals surface area contributed by atoms with Gasteiger partial charge in [0.2, 0.25) is 0 Å². The Hall–Kier alpha value is -0.860. The van der Waals surface area contributed by atoms with E-state index in [0.29, 0.717) is 25.0 Å². The van der Waals surface area contributed by atoms with Gasteiger partial charge in [-0.3, -0.25) is 4.21 Å². The molecule has 2 rings (SSSR count). The molecule has 1 aliphatic heterocycles. The second-order valence-electron chi connectivity index (χ2n) is 4.72. The van der Waals surface area contributed by atoms with Crippen LogP contribution < -0.4 is 4.72 Å². The van der Waals surface area contributed by atoms with Crippen LogP contribution in [0.1, 0.15) is 19.3 Å².